The van der Waals surface area contributed by atoms with Crippen molar-refractivity contribution in [3.8, 4) is 0 Å². The summed E-state index contributed by atoms with van der Waals surface area (Å²) in [5.74, 6) is -0.369. The zero-order chi connectivity index (χ0) is 14.9. The Morgan fingerprint density at radius 1 is 1.25 bits per heavy atom. The molecule has 0 radical (unpaired) electrons. The molecule has 0 amide bonds. The quantitative estimate of drug-likeness (QED) is 0.915. The number of halogens is 1. The summed E-state index contributed by atoms with van der Waals surface area (Å²) in [7, 11) is 2.98. The van der Waals surface area contributed by atoms with Gasteiger partial charge in [0, 0.05) is 26.8 Å². The van der Waals surface area contributed by atoms with Gasteiger partial charge in [0.1, 0.15) is 5.82 Å². The third kappa shape index (κ3) is 2.64. The van der Waals surface area contributed by atoms with E-state index in [4.69, 9.17) is 0 Å². The summed E-state index contributed by atoms with van der Waals surface area (Å²) in [6.07, 6.45) is 1.46. The van der Waals surface area contributed by atoms with E-state index in [1.165, 1.54) is 23.9 Å². The monoisotopic (exact) mass is 277 g/mol. The van der Waals surface area contributed by atoms with Gasteiger partial charge in [0.25, 0.3) is 5.56 Å². The first-order chi connectivity index (χ1) is 9.40. The molecule has 1 aromatic heterocycles. The van der Waals surface area contributed by atoms with E-state index in [0.717, 1.165) is 10.1 Å². The molecule has 0 aliphatic heterocycles. The van der Waals surface area contributed by atoms with Crippen molar-refractivity contribution < 1.29 is 4.39 Å². The minimum absolute atomic E-state index is 0.154. The fraction of sp³-hybridized carbons (Fsp3) is 0.286. The predicted molar refractivity (Wildman–Crippen MR) is 75.4 cm³/mol. The summed E-state index contributed by atoms with van der Waals surface area (Å²) >= 11 is 0. The maximum atomic E-state index is 13.7. The fourth-order valence-electron chi connectivity index (χ4n) is 1.96. The van der Waals surface area contributed by atoms with Gasteiger partial charge in [-0.2, -0.15) is 0 Å². The van der Waals surface area contributed by atoms with Crippen LogP contribution < -0.4 is 16.6 Å². The standard InChI is InChI=1S/C14H16FN3O2/c1-9-4-5-12(11(15)6-9)16-7-10-8-17(2)14(20)18(3)13(10)19/h4-6,8,16H,7H2,1-3H3. The number of aromatic nitrogens is 2. The van der Waals surface area contributed by atoms with Crippen LogP contribution >= 0.6 is 0 Å². The highest BCUT2D eigenvalue weighted by Crippen LogP contribution is 2.15. The van der Waals surface area contributed by atoms with Crippen LogP contribution in [0.25, 0.3) is 0 Å². The minimum Gasteiger partial charge on any atom is -0.378 e. The summed E-state index contributed by atoms with van der Waals surface area (Å²) in [5.41, 5.74) is 0.778. The maximum Gasteiger partial charge on any atom is 0.330 e. The molecule has 20 heavy (non-hydrogen) atoms. The van der Waals surface area contributed by atoms with Gasteiger partial charge in [-0.1, -0.05) is 6.07 Å². The first-order valence-electron chi connectivity index (χ1n) is 6.15. The molecule has 1 N–H and O–H groups in total. The topological polar surface area (TPSA) is 56.0 Å². The van der Waals surface area contributed by atoms with Crippen LogP contribution in [-0.4, -0.2) is 9.13 Å². The van der Waals surface area contributed by atoms with Gasteiger partial charge in [0.05, 0.1) is 11.3 Å². The van der Waals surface area contributed by atoms with E-state index in [2.05, 4.69) is 5.32 Å². The summed E-state index contributed by atoms with van der Waals surface area (Å²) in [5, 5.41) is 2.87. The first kappa shape index (κ1) is 14.0. The van der Waals surface area contributed by atoms with E-state index in [9.17, 15) is 14.0 Å². The molecule has 0 saturated carbocycles. The van der Waals surface area contributed by atoms with Gasteiger partial charge in [0.2, 0.25) is 0 Å². The van der Waals surface area contributed by atoms with Gasteiger partial charge in [-0.05, 0) is 24.6 Å². The molecule has 0 spiro atoms. The Bertz CT molecular complexity index is 762. The van der Waals surface area contributed by atoms with Crippen LogP contribution in [0.4, 0.5) is 10.1 Å². The number of anilines is 1. The van der Waals surface area contributed by atoms with Gasteiger partial charge in [-0.3, -0.25) is 9.36 Å². The average molecular weight is 277 g/mol. The normalized spacial score (nSPS) is 10.6. The number of nitrogens with zero attached hydrogens (tertiary/aromatic N) is 2. The predicted octanol–water partition coefficient (Wildman–Crippen LogP) is 1.14. The zero-order valence-corrected chi connectivity index (χ0v) is 11.6. The molecule has 0 bridgehead atoms. The van der Waals surface area contributed by atoms with Gasteiger partial charge >= 0.3 is 5.69 Å². The minimum atomic E-state index is -0.389. The SMILES string of the molecule is Cc1ccc(NCc2cn(C)c(=O)n(C)c2=O)c(F)c1. The second-order valence-corrected chi connectivity index (χ2v) is 4.75. The van der Waals surface area contributed by atoms with E-state index in [1.54, 1.807) is 26.1 Å². The van der Waals surface area contributed by atoms with Gasteiger partial charge in [-0.25, -0.2) is 9.18 Å². The molecule has 106 valence electrons. The molecule has 1 aromatic carbocycles. The number of rotatable bonds is 3. The Hall–Kier alpha value is -2.37. The van der Waals surface area contributed by atoms with Crippen LogP contribution in [-0.2, 0) is 20.6 Å². The third-order valence-corrected chi connectivity index (χ3v) is 3.11. The molecule has 2 aromatic rings. The highest BCUT2D eigenvalue weighted by molar-refractivity contribution is 5.46. The van der Waals surface area contributed by atoms with Gasteiger partial charge < -0.3 is 9.88 Å². The molecule has 0 atom stereocenters. The smallest absolute Gasteiger partial charge is 0.330 e. The maximum absolute atomic E-state index is 13.7. The number of benzene rings is 1. The fourth-order valence-corrected chi connectivity index (χ4v) is 1.96. The van der Waals surface area contributed by atoms with Crippen LogP contribution in [0.15, 0.2) is 34.0 Å². The van der Waals surface area contributed by atoms with Crippen molar-refractivity contribution in [3.63, 3.8) is 0 Å². The molecule has 0 aliphatic rings. The molecule has 0 aliphatic carbocycles. The van der Waals surface area contributed by atoms with Crippen molar-refractivity contribution in [2.45, 2.75) is 13.5 Å². The molecule has 0 fully saturated rings. The highest BCUT2D eigenvalue weighted by Gasteiger charge is 2.08. The van der Waals surface area contributed by atoms with E-state index in [-0.39, 0.29) is 23.6 Å². The molecule has 0 saturated heterocycles. The highest BCUT2D eigenvalue weighted by atomic mass is 19.1. The van der Waals surface area contributed by atoms with Crippen LogP contribution in [0.2, 0.25) is 0 Å². The lowest BCUT2D eigenvalue weighted by Gasteiger charge is -2.10. The van der Waals surface area contributed by atoms with Crippen LogP contribution in [0.1, 0.15) is 11.1 Å². The number of hydrogen-bond donors (Lipinski definition) is 1. The lowest BCUT2D eigenvalue weighted by molar-refractivity contribution is 0.628. The van der Waals surface area contributed by atoms with Crippen molar-refractivity contribution >= 4 is 5.69 Å². The van der Waals surface area contributed by atoms with Gasteiger partial charge in [0.15, 0.2) is 0 Å². The Kier molecular flexibility index (Phi) is 3.74. The molecular weight excluding hydrogens is 261 g/mol. The Balaban J connectivity index is 2.28. The van der Waals surface area contributed by atoms with E-state index >= 15 is 0 Å². The summed E-state index contributed by atoms with van der Waals surface area (Å²) in [6, 6.07) is 4.82. The Morgan fingerprint density at radius 3 is 2.60 bits per heavy atom. The summed E-state index contributed by atoms with van der Waals surface area (Å²) in [6.45, 7) is 1.95. The zero-order valence-electron chi connectivity index (χ0n) is 11.6. The second-order valence-electron chi connectivity index (χ2n) is 4.75. The molecule has 1 heterocycles. The van der Waals surface area contributed by atoms with E-state index in [1.807, 2.05) is 0 Å². The van der Waals surface area contributed by atoms with Crippen molar-refractivity contribution in [2.24, 2.45) is 14.1 Å². The van der Waals surface area contributed by atoms with Crippen molar-refractivity contribution in [2.75, 3.05) is 5.32 Å². The number of hydrogen-bond acceptors (Lipinski definition) is 3. The summed E-state index contributed by atoms with van der Waals surface area (Å²) in [4.78, 5) is 23.5. The second kappa shape index (κ2) is 5.32. The third-order valence-electron chi connectivity index (χ3n) is 3.11. The number of aryl methyl sites for hydroxylation is 2. The Labute approximate surface area is 115 Å². The van der Waals surface area contributed by atoms with E-state index in [0.29, 0.717) is 11.3 Å². The largest absolute Gasteiger partial charge is 0.378 e. The molecule has 2 rings (SSSR count). The molecular formula is C14H16FN3O2. The first-order valence-corrected chi connectivity index (χ1v) is 6.15. The molecule has 0 unspecified atom stereocenters. The average Bonchev–Trinajstić information content (AvgIpc) is 2.40. The van der Waals surface area contributed by atoms with Crippen molar-refractivity contribution in [3.05, 3.63) is 62.2 Å². The summed E-state index contributed by atoms with van der Waals surface area (Å²) < 4.78 is 16.0. The van der Waals surface area contributed by atoms with Crippen molar-refractivity contribution in [1.82, 2.24) is 9.13 Å². The molecule has 5 nitrogen and oxygen atoms in total. The van der Waals surface area contributed by atoms with Crippen LogP contribution in [0, 0.1) is 12.7 Å². The molecule has 6 heteroatoms. The van der Waals surface area contributed by atoms with E-state index < -0.39 is 0 Å². The number of nitrogens with one attached hydrogen (secondary N) is 1. The Morgan fingerprint density at radius 2 is 1.95 bits per heavy atom. The van der Waals surface area contributed by atoms with Crippen LogP contribution in [0.5, 0.6) is 0 Å². The lowest BCUT2D eigenvalue weighted by atomic mass is 10.2. The van der Waals surface area contributed by atoms with Gasteiger partial charge in [-0.15, -0.1) is 0 Å². The lowest BCUT2D eigenvalue weighted by Crippen LogP contribution is -2.38. The van der Waals surface area contributed by atoms with Crippen LogP contribution in [0.3, 0.4) is 0 Å². The van der Waals surface area contributed by atoms with Crippen molar-refractivity contribution in [1.29, 1.82) is 0 Å².